The number of nitrogens with one attached hydrogen (secondary N) is 1. The molecule has 0 bridgehead atoms. The van der Waals surface area contributed by atoms with Gasteiger partial charge in [-0.2, -0.15) is 0 Å². The molecule has 0 saturated carbocycles. The lowest BCUT2D eigenvalue weighted by Gasteiger charge is -2.31. The lowest BCUT2D eigenvalue weighted by atomic mass is 9.97. The summed E-state index contributed by atoms with van der Waals surface area (Å²) in [6.45, 7) is 3.73. The number of carbonyl (C=O) groups excluding carboxylic acids is 1. The SMILES string of the molecule is CN=C(NCc1cccc(CN2CCCC(C(N)=O)C2)c1)N(C)Cc1cccc(F)c1.I. The second-order valence-electron chi connectivity index (χ2n) is 8.18. The molecule has 8 heteroatoms. The average Bonchev–Trinajstić information content (AvgIpc) is 2.74. The number of rotatable bonds is 7. The summed E-state index contributed by atoms with van der Waals surface area (Å²) in [7, 11) is 3.68. The number of nitrogens with zero attached hydrogens (tertiary/aromatic N) is 3. The third kappa shape index (κ3) is 7.74. The summed E-state index contributed by atoms with van der Waals surface area (Å²) in [5, 5.41) is 3.38. The normalized spacial score (nSPS) is 16.8. The predicted octanol–water partition coefficient (Wildman–Crippen LogP) is 3.35. The Morgan fingerprint density at radius 1 is 1.22 bits per heavy atom. The number of aliphatic imine (C=N–C) groups is 1. The first-order valence-corrected chi connectivity index (χ1v) is 10.7. The van der Waals surface area contributed by atoms with Crippen molar-refractivity contribution in [2.24, 2.45) is 16.6 Å². The number of carbonyl (C=O) groups is 1. The molecule has 0 spiro atoms. The van der Waals surface area contributed by atoms with Gasteiger partial charge in [0.25, 0.3) is 0 Å². The summed E-state index contributed by atoms with van der Waals surface area (Å²) in [4.78, 5) is 20.1. The van der Waals surface area contributed by atoms with Crippen molar-refractivity contribution in [2.45, 2.75) is 32.5 Å². The van der Waals surface area contributed by atoms with Gasteiger partial charge >= 0.3 is 0 Å². The number of guanidine groups is 1. The van der Waals surface area contributed by atoms with Crippen LogP contribution in [0, 0.1) is 11.7 Å². The van der Waals surface area contributed by atoms with Crippen molar-refractivity contribution in [1.82, 2.24) is 15.1 Å². The zero-order chi connectivity index (χ0) is 22.2. The summed E-state index contributed by atoms with van der Waals surface area (Å²) in [6, 6.07) is 15.0. The molecule has 2 aromatic carbocycles. The molecule has 174 valence electrons. The van der Waals surface area contributed by atoms with E-state index in [0.717, 1.165) is 49.6 Å². The molecule has 1 atom stereocenters. The van der Waals surface area contributed by atoms with Crippen molar-refractivity contribution >= 4 is 35.8 Å². The second kappa shape index (κ2) is 12.7. The summed E-state index contributed by atoms with van der Waals surface area (Å²) >= 11 is 0. The molecular formula is C24H33FIN5O. The molecule has 1 aliphatic heterocycles. The lowest BCUT2D eigenvalue weighted by Crippen LogP contribution is -2.40. The minimum Gasteiger partial charge on any atom is -0.369 e. The maximum Gasteiger partial charge on any atom is 0.221 e. The number of primary amides is 1. The van der Waals surface area contributed by atoms with Crippen LogP contribution in [0.3, 0.4) is 0 Å². The molecule has 1 fully saturated rings. The molecule has 1 amide bonds. The minimum atomic E-state index is -0.235. The van der Waals surface area contributed by atoms with Crippen LogP contribution >= 0.6 is 24.0 Å². The molecule has 32 heavy (non-hydrogen) atoms. The van der Waals surface area contributed by atoms with Crippen LogP contribution in [0.1, 0.15) is 29.5 Å². The third-order valence-electron chi connectivity index (χ3n) is 5.64. The summed E-state index contributed by atoms with van der Waals surface area (Å²) < 4.78 is 13.4. The standard InChI is InChI=1S/C24H32FN5O.HI/c1-27-24(29(2)15-20-8-4-10-22(25)13-20)28-14-18-6-3-7-19(12-18)16-30-11-5-9-21(17-30)23(26)31;/h3-4,6-8,10,12-13,21H,5,9,11,14-17H2,1-2H3,(H2,26,31)(H,27,28);1H. The highest BCUT2D eigenvalue weighted by Crippen LogP contribution is 2.19. The van der Waals surface area contributed by atoms with Crippen LogP contribution in [0.2, 0.25) is 0 Å². The fourth-order valence-corrected chi connectivity index (χ4v) is 4.08. The van der Waals surface area contributed by atoms with Crippen molar-refractivity contribution in [2.75, 3.05) is 27.2 Å². The first-order chi connectivity index (χ1) is 14.9. The molecule has 1 aliphatic rings. The Bertz CT molecular complexity index is 923. The monoisotopic (exact) mass is 553 g/mol. The highest BCUT2D eigenvalue weighted by Gasteiger charge is 2.23. The summed E-state index contributed by atoms with van der Waals surface area (Å²) in [5.41, 5.74) is 8.76. The van der Waals surface area contributed by atoms with Gasteiger partial charge in [0.05, 0.1) is 5.92 Å². The number of benzene rings is 2. The quantitative estimate of drug-likeness (QED) is 0.314. The number of hydrogen-bond acceptors (Lipinski definition) is 3. The van der Waals surface area contributed by atoms with Crippen LogP contribution in [0.15, 0.2) is 53.5 Å². The molecule has 0 radical (unpaired) electrons. The number of nitrogens with two attached hydrogens (primary N) is 1. The fourth-order valence-electron chi connectivity index (χ4n) is 4.08. The van der Waals surface area contributed by atoms with Crippen molar-refractivity contribution in [3.05, 3.63) is 71.0 Å². The first kappa shape index (κ1) is 26.1. The minimum absolute atomic E-state index is 0. The van der Waals surface area contributed by atoms with E-state index in [0.29, 0.717) is 13.1 Å². The second-order valence-corrected chi connectivity index (χ2v) is 8.18. The van der Waals surface area contributed by atoms with E-state index < -0.39 is 0 Å². The zero-order valence-electron chi connectivity index (χ0n) is 18.8. The Labute approximate surface area is 207 Å². The molecule has 1 heterocycles. The van der Waals surface area contributed by atoms with Gasteiger partial charge in [-0.05, 0) is 48.2 Å². The molecule has 3 rings (SSSR count). The van der Waals surface area contributed by atoms with Gasteiger partial charge in [0.2, 0.25) is 5.91 Å². The van der Waals surface area contributed by atoms with Gasteiger partial charge in [-0.15, -0.1) is 24.0 Å². The molecule has 1 unspecified atom stereocenters. The van der Waals surface area contributed by atoms with Gasteiger partial charge in [0, 0.05) is 40.3 Å². The molecule has 0 aliphatic carbocycles. The van der Waals surface area contributed by atoms with Crippen molar-refractivity contribution in [1.29, 1.82) is 0 Å². The molecule has 6 nitrogen and oxygen atoms in total. The Balaban J connectivity index is 0.00000363. The zero-order valence-corrected chi connectivity index (χ0v) is 21.1. The van der Waals surface area contributed by atoms with Crippen LogP contribution in [-0.4, -0.2) is 48.9 Å². The maximum atomic E-state index is 13.4. The first-order valence-electron chi connectivity index (χ1n) is 10.7. The topological polar surface area (TPSA) is 74.0 Å². The van der Waals surface area contributed by atoms with Gasteiger partial charge < -0.3 is 16.0 Å². The van der Waals surface area contributed by atoms with E-state index >= 15 is 0 Å². The third-order valence-corrected chi connectivity index (χ3v) is 5.64. The van der Waals surface area contributed by atoms with E-state index in [-0.39, 0.29) is 41.6 Å². The van der Waals surface area contributed by atoms with Gasteiger partial charge in [-0.3, -0.25) is 14.7 Å². The van der Waals surface area contributed by atoms with E-state index in [4.69, 9.17) is 5.73 Å². The molecule has 2 aromatic rings. The number of amides is 1. The smallest absolute Gasteiger partial charge is 0.221 e. The van der Waals surface area contributed by atoms with Gasteiger partial charge in [0.15, 0.2) is 5.96 Å². The Hall–Kier alpha value is -2.20. The predicted molar refractivity (Wildman–Crippen MR) is 137 cm³/mol. The lowest BCUT2D eigenvalue weighted by molar-refractivity contribution is -0.123. The van der Waals surface area contributed by atoms with Crippen LogP contribution < -0.4 is 11.1 Å². The molecule has 1 saturated heterocycles. The summed E-state index contributed by atoms with van der Waals surface area (Å²) in [6.07, 6.45) is 1.89. The van der Waals surface area contributed by atoms with Crippen molar-refractivity contribution in [3.63, 3.8) is 0 Å². The number of piperidine rings is 1. The van der Waals surface area contributed by atoms with Crippen LogP contribution in [0.5, 0.6) is 0 Å². The van der Waals surface area contributed by atoms with Crippen molar-refractivity contribution in [3.8, 4) is 0 Å². The number of halogens is 2. The van der Waals surface area contributed by atoms with E-state index in [1.165, 1.54) is 17.7 Å². The van der Waals surface area contributed by atoms with Gasteiger partial charge in [0.1, 0.15) is 5.82 Å². The maximum absolute atomic E-state index is 13.4. The Kier molecular flexibility index (Phi) is 10.4. The number of hydrogen-bond donors (Lipinski definition) is 2. The Morgan fingerprint density at radius 3 is 2.66 bits per heavy atom. The fraction of sp³-hybridized carbons (Fsp3) is 0.417. The van der Waals surface area contributed by atoms with Crippen molar-refractivity contribution < 1.29 is 9.18 Å². The highest BCUT2D eigenvalue weighted by molar-refractivity contribution is 14.0. The van der Waals surface area contributed by atoms with Crippen LogP contribution in [-0.2, 0) is 24.4 Å². The van der Waals surface area contributed by atoms with Crippen LogP contribution in [0.4, 0.5) is 4.39 Å². The van der Waals surface area contributed by atoms with E-state index in [2.05, 4.69) is 39.5 Å². The van der Waals surface area contributed by atoms with E-state index in [1.54, 1.807) is 13.1 Å². The van der Waals surface area contributed by atoms with E-state index in [1.807, 2.05) is 18.0 Å². The molecular weight excluding hydrogens is 520 g/mol. The largest absolute Gasteiger partial charge is 0.369 e. The molecule has 3 N–H and O–H groups in total. The van der Waals surface area contributed by atoms with Gasteiger partial charge in [-0.25, -0.2) is 4.39 Å². The summed E-state index contributed by atoms with van der Waals surface area (Å²) in [5.74, 6) is 0.267. The Morgan fingerprint density at radius 2 is 1.94 bits per heavy atom. The highest BCUT2D eigenvalue weighted by atomic mass is 127. The van der Waals surface area contributed by atoms with E-state index in [9.17, 15) is 9.18 Å². The van der Waals surface area contributed by atoms with Gasteiger partial charge in [-0.1, -0.05) is 36.4 Å². The average molecular weight is 553 g/mol. The molecule has 0 aromatic heterocycles. The van der Waals surface area contributed by atoms with Crippen LogP contribution in [0.25, 0.3) is 0 Å². The number of likely N-dealkylation sites (tertiary alicyclic amines) is 1.